The summed E-state index contributed by atoms with van der Waals surface area (Å²) in [6, 6.07) is 2.97. The van der Waals surface area contributed by atoms with Gasteiger partial charge in [0.15, 0.2) is 11.4 Å². The Morgan fingerprint density at radius 1 is 1.15 bits per heavy atom. The molecule has 0 fully saturated rings. The largest absolute Gasteiger partial charge is 0.508 e. The number of phenolic OH excluding ortho intramolecular Hbond substituents is 2. The van der Waals surface area contributed by atoms with Crippen LogP contribution in [-0.2, 0) is 16.0 Å². The number of fused-ring (bicyclic) bond motifs is 3. The Hall–Kier alpha value is -3.86. The molecule has 172 valence electrons. The summed E-state index contributed by atoms with van der Waals surface area (Å²) in [6.07, 6.45) is -5.72. The molecule has 0 spiro atoms. The normalized spacial score (nSPS) is 22.8. The molecule has 4 rings (SSSR count). The molecule has 1 amide bonds. The number of allylic oxidation sites excluding steroid dienone is 1. The molecular formula is C22H16F3NO7. The van der Waals surface area contributed by atoms with Crippen LogP contribution < -0.4 is 5.73 Å². The van der Waals surface area contributed by atoms with Crippen molar-refractivity contribution < 1.29 is 48.0 Å². The number of alkyl halides is 3. The molecule has 0 radical (unpaired) electrons. The van der Waals surface area contributed by atoms with Crippen molar-refractivity contribution in [3.05, 3.63) is 52.8 Å². The van der Waals surface area contributed by atoms with Gasteiger partial charge in [0.05, 0.1) is 16.5 Å². The van der Waals surface area contributed by atoms with Crippen LogP contribution in [0.2, 0.25) is 0 Å². The summed E-state index contributed by atoms with van der Waals surface area (Å²) in [4.78, 5) is 37.1. The number of hydrogen-bond acceptors (Lipinski definition) is 7. The van der Waals surface area contributed by atoms with E-state index in [2.05, 4.69) is 6.58 Å². The van der Waals surface area contributed by atoms with Crippen LogP contribution in [0.15, 0.2) is 36.1 Å². The van der Waals surface area contributed by atoms with E-state index in [-0.39, 0.29) is 17.4 Å². The Morgan fingerprint density at radius 3 is 2.36 bits per heavy atom. The van der Waals surface area contributed by atoms with E-state index in [4.69, 9.17) is 5.73 Å². The van der Waals surface area contributed by atoms with E-state index in [9.17, 15) is 48.0 Å². The molecule has 0 saturated carbocycles. The average Bonchev–Trinajstić information content (AvgIpc) is 2.69. The number of amides is 1. The van der Waals surface area contributed by atoms with E-state index in [0.29, 0.717) is 0 Å². The van der Waals surface area contributed by atoms with Gasteiger partial charge in [-0.2, -0.15) is 13.2 Å². The first-order valence-electron chi connectivity index (χ1n) is 9.52. The maximum atomic E-state index is 13.3. The summed E-state index contributed by atoms with van der Waals surface area (Å²) in [7, 11) is 0. The Kier molecular flexibility index (Phi) is 4.61. The first-order chi connectivity index (χ1) is 15.2. The van der Waals surface area contributed by atoms with Crippen LogP contribution in [-0.4, -0.2) is 49.7 Å². The summed E-state index contributed by atoms with van der Waals surface area (Å²) >= 11 is 0. The quantitative estimate of drug-likeness (QED) is 0.427. The second kappa shape index (κ2) is 6.82. The van der Waals surface area contributed by atoms with Crippen molar-refractivity contribution in [3.63, 3.8) is 0 Å². The summed E-state index contributed by atoms with van der Waals surface area (Å²) in [5, 5.41) is 41.8. The lowest BCUT2D eigenvalue weighted by atomic mass is 9.64. The summed E-state index contributed by atoms with van der Waals surface area (Å²) in [6.45, 7) is 3.03. The Balaban J connectivity index is 2.03. The molecule has 2 aromatic rings. The molecule has 0 bridgehead atoms. The average molecular weight is 463 g/mol. The summed E-state index contributed by atoms with van der Waals surface area (Å²) in [5.41, 5.74) is -0.949. The number of benzene rings is 2. The number of nitrogens with two attached hydrogens (primary N) is 1. The third kappa shape index (κ3) is 2.92. The van der Waals surface area contributed by atoms with E-state index < -0.39 is 86.5 Å². The number of aromatic hydroxyl groups is 2. The van der Waals surface area contributed by atoms with Crippen LogP contribution in [0, 0.1) is 5.92 Å². The fraction of sp³-hybridized carbons (Fsp3) is 0.227. The number of Topliss-reactive ketones (excluding diaryl/α,β-unsaturated/α-hetero) is 2. The van der Waals surface area contributed by atoms with Gasteiger partial charge in [-0.1, -0.05) is 12.6 Å². The molecule has 2 aromatic carbocycles. The fourth-order valence-electron chi connectivity index (χ4n) is 4.57. The zero-order chi connectivity index (χ0) is 24.6. The lowest BCUT2D eigenvalue weighted by Gasteiger charge is -2.41. The van der Waals surface area contributed by atoms with Crippen LogP contribution in [0.5, 0.6) is 11.5 Å². The minimum absolute atomic E-state index is 0.0235. The fourth-order valence-corrected chi connectivity index (χ4v) is 4.57. The van der Waals surface area contributed by atoms with Crippen molar-refractivity contribution in [3.8, 4) is 11.5 Å². The summed E-state index contributed by atoms with van der Waals surface area (Å²) in [5.74, 6) is -7.69. The third-order valence-electron chi connectivity index (χ3n) is 6.19. The molecule has 0 aromatic heterocycles. The molecule has 0 heterocycles. The number of halogens is 3. The lowest BCUT2D eigenvalue weighted by molar-refractivity contribution is -0.125. The number of ketones is 2. The molecule has 8 nitrogen and oxygen atoms in total. The van der Waals surface area contributed by atoms with Gasteiger partial charge in [-0.15, -0.1) is 0 Å². The summed E-state index contributed by atoms with van der Waals surface area (Å²) < 4.78 is 39.9. The monoisotopic (exact) mass is 463 g/mol. The highest BCUT2D eigenvalue weighted by atomic mass is 19.4. The van der Waals surface area contributed by atoms with E-state index >= 15 is 0 Å². The van der Waals surface area contributed by atoms with Crippen LogP contribution >= 0.6 is 0 Å². The number of carbonyl (C=O) groups is 3. The molecule has 0 saturated heterocycles. The van der Waals surface area contributed by atoms with Crippen LogP contribution in [0.3, 0.4) is 0 Å². The van der Waals surface area contributed by atoms with Crippen LogP contribution in [0.1, 0.15) is 27.9 Å². The number of phenols is 2. The van der Waals surface area contributed by atoms with Crippen LogP contribution in [0.25, 0.3) is 16.3 Å². The zero-order valence-corrected chi connectivity index (χ0v) is 16.7. The van der Waals surface area contributed by atoms with Crippen molar-refractivity contribution in [2.45, 2.75) is 24.6 Å². The number of hydrogen-bond donors (Lipinski definition) is 5. The van der Waals surface area contributed by atoms with Crippen molar-refractivity contribution >= 4 is 33.8 Å². The van der Waals surface area contributed by atoms with Gasteiger partial charge in [0.1, 0.15) is 22.8 Å². The van der Waals surface area contributed by atoms with Gasteiger partial charge in [-0.3, -0.25) is 14.4 Å². The van der Waals surface area contributed by atoms with E-state index in [1.807, 2.05) is 0 Å². The van der Waals surface area contributed by atoms with Crippen molar-refractivity contribution in [2.24, 2.45) is 11.7 Å². The van der Waals surface area contributed by atoms with E-state index in [0.717, 1.165) is 18.2 Å². The van der Waals surface area contributed by atoms with Crippen LogP contribution in [0.4, 0.5) is 13.2 Å². The molecule has 11 heteroatoms. The van der Waals surface area contributed by atoms with Crippen molar-refractivity contribution in [1.82, 2.24) is 0 Å². The van der Waals surface area contributed by atoms with Gasteiger partial charge in [-0.05, 0) is 35.1 Å². The molecule has 0 unspecified atom stereocenters. The Labute approximate surface area is 183 Å². The molecule has 2 atom stereocenters. The Morgan fingerprint density at radius 2 is 1.79 bits per heavy atom. The zero-order valence-electron chi connectivity index (χ0n) is 16.7. The minimum atomic E-state index is -4.83. The molecule has 6 N–H and O–H groups in total. The molecule has 2 aliphatic carbocycles. The molecule has 0 aliphatic heterocycles. The van der Waals surface area contributed by atoms with Gasteiger partial charge >= 0.3 is 6.18 Å². The number of rotatable bonds is 2. The number of aliphatic hydroxyl groups excluding tert-OH is 1. The molecular weight excluding hydrogens is 447 g/mol. The SMILES string of the molecule is C=C(c1ccc(O)c2c(O)c3c(cc12)C[C@H]1CC(=O)C(C(N)=O)=C(O)[C@@]1(O)C3=O)C(F)(F)F. The predicted octanol–water partition coefficient (Wildman–Crippen LogP) is 2.18. The lowest BCUT2D eigenvalue weighted by Crippen LogP contribution is -2.56. The van der Waals surface area contributed by atoms with Gasteiger partial charge in [0.25, 0.3) is 5.91 Å². The van der Waals surface area contributed by atoms with Gasteiger partial charge < -0.3 is 26.2 Å². The van der Waals surface area contributed by atoms with Gasteiger partial charge in [0, 0.05) is 12.3 Å². The molecule has 33 heavy (non-hydrogen) atoms. The highest BCUT2D eigenvalue weighted by molar-refractivity contribution is 6.23. The minimum Gasteiger partial charge on any atom is -0.508 e. The highest BCUT2D eigenvalue weighted by Gasteiger charge is 2.58. The number of carbonyl (C=O) groups excluding carboxylic acids is 3. The van der Waals surface area contributed by atoms with E-state index in [1.165, 1.54) is 0 Å². The van der Waals surface area contributed by atoms with Crippen molar-refractivity contribution in [2.75, 3.05) is 0 Å². The van der Waals surface area contributed by atoms with Gasteiger partial charge in [-0.25, -0.2) is 0 Å². The van der Waals surface area contributed by atoms with E-state index in [1.54, 1.807) is 0 Å². The Bertz CT molecular complexity index is 1340. The number of aliphatic hydroxyl groups is 2. The second-order valence-corrected chi connectivity index (χ2v) is 8.00. The topological polar surface area (TPSA) is 158 Å². The maximum absolute atomic E-state index is 13.3. The standard InChI is InChI=1S/C22H16F3NO7/c1-7(22(23,24)25)10-2-3-12(27)15-11(10)5-8-4-9-6-13(28)16(20(26)32)19(31)21(9,33)18(30)14(8)17(15)29/h2-3,5,9,27,29,31,33H,1,4,6H2,(H2,26,32)/t9-,21-/m0/s1. The smallest absolute Gasteiger partial charge is 0.416 e. The first kappa shape index (κ1) is 22.3. The third-order valence-corrected chi connectivity index (χ3v) is 6.19. The van der Waals surface area contributed by atoms with Crippen molar-refractivity contribution in [1.29, 1.82) is 0 Å². The highest BCUT2D eigenvalue weighted by Crippen LogP contribution is 2.50. The second-order valence-electron chi connectivity index (χ2n) is 8.00. The maximum Gasteiger partial charge on any atom is 0.416 e. The number of primary amides is 1. The van der Waals surface area contributed by atoms with Gasteiger partial charge in [0.2, 0.25) is 5.78 Å². The first-order valence-corrected chi connectivity index (χ1v) is 9.52. The predicted molar refractivity (Wildman–Crippen MR) is 107 cm³/mol. The molecule has 2 aliphatic rings.